The number of esters is 1. The zero-order valence-corrected chi connectivity index (χ0v) is 6.09. The highest BCUT2D eigenvalue weighted by Crippen LogP contribution is 1.91. The van der Waals surface area contributed by atoms with Crippen molar-refractivity contribution in [3.8, 4) is 0 Å². The Morgan fingerprint density at radius 3 is 2.60 bits per heavy atom. The van der Waals surface area contributed by atoms with Gasteiger partial charge in [0.1, 0.15) is 6.61 Å². The van der Waals surface area contributed by atoms with E-state index < -0.39 is 5.97 Å². The summed E-state index contributed by atoms with van der Waals surface area (Å²) < 4.78 is 4.64. The van der Waals surface area contributed by atoms with Crippen molar-refractivity contribution in [2.45, 2.75) is 13.0 Å². The number of rotatable bonds is 3. The summed E-state index contributed by atoms with van der Waals surface area (Å²) in [5, 5.41) is 0. The van der Waals surface area contributed by atoms with Crippen LogP contribution in [0, 0.1) is 6.92 Å². The summed E-state index contributed by atoms with van der Waals surface area (Å²) in [6.45, 7) is 8.56. The standard InChI is InChI=1S/C7H12NO2/c1-5(2)7(9)10-4-6(3)8/h6H,1,3-4,8H2,2H3. The maximum atomic E-state index is 10.6. The molecule has 0 heterocycles. The highest BCUT2D eigenvalue weighted by molar-refractivity contribution is 5.86. The molecule has 57 valence electrons. The Labute approximate surface area is 60.9 Å². The van der Waals surface area contributed by atoms with Crippen molar-refractivity contribution in [1.29, 1.82) is 0 Å². The molecular formula is C7H12NO2. The van der Waals surface area contributed by atoms with Crippen molar-refractivity contribution in [3.05, 3.63) is 19.1 Å². The molecule has 1 radical (unpaired) electrons. The molecule has 0 saturated heterocycles. The molecule has 0 aromatic carbocycles. The fourth-order valence-electron chi connectivity index (χ4n) is 0.306. The van der Waals surface area contributed by atoms with Crippen molar-refractivity contribution in [3.63, 3.8) is 0 Å². The molecule has 1 unspecified atom stereocenters. The Bertz CT molecular complexity index is 141. The number of nitrogens with two attached hydrogens (primary N) is 1. The molecule has 2 N–H and O–H groups in total. The van der Waals surface area contributed by atoms with E-state index >= 15 is 0 Å². The summed E-state index contributed by atoms with van der Waals surface area (Å²) in [4.78, 5) is 10.6. The molecular weight excluding hydrogens is 130 g/mol. The lowest BCUT2D eigenvalue weighted by molar-refractivity contribution is -0.139. The quantitative estimate of drug-likeness (QED) is 0.454. The fourth-order valence-corrected chi connectivity index (χ4v) is 0.306. The molecule has 0 rings (SSSR count). The van der Waals surface area contributed by atoms with E-state index in [9.17, 15) is 4.79 Å². The third-order valence-corrected chi connectivity index (χ3v) is 0.777. The summed E-state index contributed by atoms with van der Waals surface area (Å²) in [5.41, 5.74) is 5.60. The van der Waals surface area contributed by atoms with Gasteiger partial charge in [-0.3, -0.25) is 0 Å². The first kappa shape index (κ1) is 9.17. The molecule has 10 heavy (non-hydrogen) atoms. The van der Waals surface area contributed by atoms with Crippen LogP contribution in [0.25, 0.3) is 0 Å². The SMILES string of the molecule is [CH2]C(N)COC(=O)C(=C)C. The second kappa shape index (κ2) is 4.06. The van der Waals surface area contributed by atoms with Crippen LogP contribution in [0.15, 0.2) is 12.2 Å². The molecule has 0 amide bonds. The number of hydrogen-bond acceptors (Lipinski definition) is 3. The molecule has 0 bridgehead atoms. The van der Waals surface area contributed by atoms with Gasteiger partial charge in [0.25, 0.3) is 0 Å². The summed E-state index contributed by atoms with van der Waals surface area (Å²) in [6, 6.07) is -0.358. The fraction of sp³-hybridized carbons (Fsp3) is 0.429. The number of carbonyl (C=O) groups is 1. The highest BCUT2D eigenvalue weighted by atomic mass is 16.5. The minimum atomic E-state index is -0.417. The van der Waals surface area contributed by atoms with Gasteiger partial charge < -0.3 is 10.5 Å². The van der Waals surface area contributed by atoms with Gasteiger partial charge in [-0.15, -0.1) is 0 Å². The number of carbonyl (C=O) groups excluding carboxylic acids is 1. The van der Waals surface area contributed by atoms with Crippen molar-refractivity contribution in [2.75, 3.05) is 6.61 Å². The average molecular weight is 142 g/mol. The summed E-state index contributed by atoms with van der Waals surface area (Å²) in [7, 11) is 0. The maximum absolute atomic E-state index is 10.6. The van der Waals surface area contributed by atoms with Gasteiger partial charge in [0, 0.05) is 11.6 Å². The van der Waals surface area contributed by atoms with E-state index in [1.54, 1.807) is 6.92 Å². The van der Waals surface area contributed by atoms with Crippen LogP contribution >= 0.6 is 0 Å². The smallest absolute Gasteiger partial charge is 0.333 e. The molecule has 0 spiro atoms. The lowest BCUT2D eigenvalue weighted by Gasteiger charge is -2.05. The monoisotopic (exact) mass is 142 g/mol. The second-order valence-corrected chi connectivity index (χ2v) is 2.14. The maximum Gasteiger partial charge on any atom is 0.333 e. The van der Waals surface area contributed by atoms with E-state index in [1.165, 1.54) is 0 Å². The van der Waals surface area contributed by atoms with Gasteiger partial charge in [-0.2, -0.15) is 0 Å². The van der Waals surface area contributed by atoms with Crippen LogP contribution in [0.1, 0.15) is 6.92 Å². The van der Waals surface area contributed by atoms with Gasteiger partial charge >= 0.3 is 5.97 Å². The molecule has 3 heteroatoms. The van der Waals surface area contributed by atoms with E-state index in [0.717, 1.165) is 0 Å². The minimum absolute atomic E-state index is 0.145. The van der Waals surface area contributed by atoms with Crippen LogP contribution < -0.4 is 5.73 Å². The Balaban J connectivity index is 3.50. The van der Waals surface area contributed by atoms with Crippen LogP contribution in [-0.4, -0.2) is 18.6 Å². The molecule has 0 aromatic heterocycles. The van der Waals surface area contributed by atoms with Gasteiger partial charge in [-0.25, -0.2) is 4.79 Å². The molecule has 0 fully saturated rings. The Morgan fingerprint density at radius 1 is 1.80 bits per heavy atom. The molecule has 1 atom stereocenters. The second-order valence-electron chi connectivity index (χ2n) is 2.14. The molecule has 3 nitrogen and oxygen atoms in total. The van der Waals surface area contributed by atoms with Gasteiger partial charge in [0.2, 0.25) is 0 Å². The van der Waals surface area contributed by atoms with Crippen LogP contribution in [0.2, 0.25) is 0 Å². The first-order valence-corrected chi connectivity index (χ1v) is 2.95. The summed E-state index contributed by atoms with van der Waals surface area (Å²) in [5.74, 6) is -0.417. The van der Waals surface area contributed by atoms with E-state index in [-0.39, 0.29) is 12.6 Å². The Hall–Kier alpha value is -0.830. The third kappa shape index (κ3) is 4.09. The van der Waals surface area contributed by atoms with Crippen molar-refractivity contribution in [2.24, 2.45) is 5.73 Å². The lowest BCUT2D eigenvalue weighted by atomic mass is 10.3. The zero-order chi connectivity index (χ0) is 8.15. The van der Waals surface area contributed by atoms with E-state index in [1.807, 2.05) is 0 Å². The van der Waals surface area contributed by atoms with Crippen LogP contribution in [-0.2, 0) is 9.53 Å². The number of hydrogen-bond donors (Lipinski definition) is 1. The Morgan fingerprint density at radius 2 is 2.30 bits per heavy atom. The van der Waals surface area contributed by atoms with Crippen molar-refractivity contribution >= 4 is 5.97 Å². The van der Waals surface area contributed by atoms with E-state index in [4.69, 9.17) is 5.73 Å². The third-order valence-electron chi connectivity index (χ3n) is 0.777. The Kier molecular flexibility index (Phi) is 3.72. The summed E-state index contributed by atoms with van der Waals surface area (Å²) >= 11 is 0. The number of ether oxygens (including phenoxy) is 1. The van der Waals surface area contributed by atoms with Crippen LogP contribution in [0.3, 0.4) is 0 Å². The molecule has 0 aliphatic rings. The predicted molar refractivity (Wildman–Crippen MR) is 39.1 cm³/mol. The molecule has 0 saturated carbocycles. The summed E-state index contributed by atoms with van der Waals surface area (Å²) in [6.07, 6.45) is 0. The normalized spacial score (nSPS) is 12.3. The molecule has 0 aromatic rings. The largest absolute Gasteiger partial charge is 0.461 e. The molecule has 0 aliphatic heterocycles. The van der Waals surface area contributed by atoms with E-state index in [2.05, 4.69) is 18.2 Å². The first-order valence-electron chi connectivity index (χ1n) is 2.95. The zero-order valence-electron chi connectivity index (χ0n) is 6.09. The minimum Gasteiger partial charge on any atom is -0.461 e. The van der Waals surface area contributed by atoms with Gasteiger partial charge in [-0.1, -0.05) is 6.58 Å². The van der Waals surface area contributed by atoms with E-state index in [0.29, 0.717) is 5.57 Å². The topological polar surface area (TPSA) is 52.3 Å². The highest BCUT2D eigenvalue weighted by Gasteiger charge is 2.03. The van der Waals surface area contributed by atoms with Crippen molar-refractivity contribution < 1.29 is 9.53 Å². The van der Waals surface area contributed by atoms with Crippen LogP contribution in [0.5, 0.6) is 0 Å². The molecule has 0 aliphatic carbocycles. The average Bonchev–Trinajstić information content (AvgIpc) is 1.82. The van der Waals surface area contributed by atoms with Gasteiger partial charge in [0.05, 0.1) is 0 Å². The predicted octanol–water partition coefficient (Wildman–Crippen LogP) is 0.267. The van der Waals surface area contributed by atoms with Gasteiger partial charge in [0.15, 0.2) is 0 Å². The first-order chi connectivity index (χ1) is 4.54. The van der Waals surface area contributed by atoms with Crippen molar-refractivity contribution in [1.82, 2.24) is 0 Å². The lowest BCUT2D eigenvalue weighted by Crippen LogP contribution is -2.24. The van der Waals surface area contributed by atoms with Gasteiger partial charge in [-0.05, 0) is 13.8 Å². The van der Waals surface area contributed by atoms with Crippen LogP contribution in [0.4, 0.5) is 0 Å².